The minimum atomic E-state index is -0.210. The third-order valence-electron chi connectivity index (χ3n) is 4.14. The van der Waals surface area contributed by atoms with Gasteiger partial charge in [-0.2, -0.15) is 5.10 Å². The van der Waals surface area contributed by atoms with Crippen LogP contribution in [0.4, 0.5) is 10.1 Å². The molecule has 0 radical (unpaired) electrons. The molecule has 1 fully saturated rings. The van der Waals surface area contributed by atoms with E-state index < -0.39 is 0 Å². The summed E-state index contributed by atoms with van der Waals surface area (Å²) in [5, 5.41) is 6.87. The first kappa shape index (κ1) is 18.5. The fraction of sp³-hybridized carbons (Fsp3) is 0.375. The molecule has 2 heterocycles. The Bertz CT molecular complexity index is 676. The van der Waals surface area contributed by atoms with Crippen LogP contribution in [0.2, 0.25) is 0 Å². The standard InChI is InChI=1S/C16H21FN6.HI/c1-12-13(11-20-21-12)10-19-16(18)23-8-6-22(7-9-23)15-4-2-14(17)3-5-15;/h2-5,11H,6-10H2,1H3,(H2,18,19)(H,20,21);1H. The molecule has 0 saturated carbocycles. The van der Waals surface area contributed by atoms with Gasteiger partial charge in [-0.25, -0.2) is 9.38 Å². The Labute approximate surface area is 157 Å². The van der Waals surface area contributed by atoms with Crippen molar-refractivity contribution in [3.05, 3.63) is 47.5 Å². The van der Waals surface area contributed by atoms with Gasteiger partial charge in [0.15, 0.2) is 5.96 Å². The van der Waals surface area contributed by atoms with E-state index in [1.165, 1.54) is 12.1 Å². The van der Waals surface area contributed by atoms with E-state index >= 15 is 0 Å². The zero-order valence-electron chi connectivity index (χ0n) is 13.6. The monoisotopic (exact) mass is 444 g/mol. The number of aryl methyl sites for hydroxylation is 1. The lowest BCUT2D eigenvalue weighted by Gasteiger charge is -2.36. The van der Waals surface area contributed by atoms with Gasteiger partial charge in [-0.15, -0.1) is 24.0 Å². The Kier molecular flexibility index (Phi) is 6.41. The Balaban J connectivity index is 0.00000208. The van der Waals surface area contributed by atoms with Crippen molar-refractivity contribution in [2.75, 3.05) is 31.1 Å². The van der Waals surface area contributed by atoms with Crippen molar-refractivity contribution in [1.29, 1.82) is 0 Å². The van der Waals surface area contributed by atoms with Crippen LogP contribution in [0.3, 0.4) is 0 Å². The van der Waals surface area contributed by atoms with Crippen LogP contribution >= 0.6 is 24.0 Å². The molecule has 0 spiro atoms. The maximum Gasteiger partial charge on any atom is 0.191 e. The first-order chi connectivity index (χ1) is 11.1. The van der Waals surface area contributed by atoms with Gasteiger partial charge in [0.25, 0.3) is 0 Å². The van der Waals surface area contributed by atoms with Crippen LogP contribution in [0, 0.1) is 12.7 Å². The fourth-order valence-corrected chi connectivity index (χ4v) is 2.65. The van der Waals surface area contributed by atoms with Gasteiger partial charge < -0.3 is 15.5 Å². The van der Waals surface area contributed by atoms with Gasteiger partial charge in [0.2, 0.25) is 0 Å². The number of guanidine groups is 1. The van der Waals surface area contributed by atoms with E-state index in [1.54, 1.807) is 6.20 Å². The molecule has 6 nitrogen and oxygen atoms in total. The Morgan fingerprint density at radius 1 is 1.25 bits per heavy atom. The van der Waals surface area contributed by atoms with Crippen molar-refractivity contribution in [2.45, 2.75) is 13.5 Å². The second kappa shape index (κ2) is 8.32. The summed E-state index contributed by atoms with van der Waals surface area (Å²) in [7, 11) is 0. The fourth-order valence-electron chi connectivity index (χ4n) is 2.65. The maximum atomic E-state index is 13.0. The number of aromatic amines is 1. The summed E-state index contributed by atoms with van der Waals surface area (Å²) in [5.74, 6) is 0.350. The predicted octanol–water partition coefficient (Wildman–Crippen LogP) is 2.11. The van der Waals surface area contributed by atoms with Crippen molar-refractivity contribution in [1.82, 2.24) is 15.1 Å². The minimum absolute atomic E-state index is 0. The highest BCUT2D eigenvalue weighted by Gasteiger charge is 2.18. The van der Waals surface area contributed by atoms with Gasteiger partial charge in [0.1, 0.15) is 5.82 Å². The van der Waals surface area contributed by atoms with Crippen LogP contribution in [0.25, 0.3) is 0 Å². The second-order valence-electron chi connectivity index (χ2n) is 5.65. The van der Waals surface area contributed by atoms with E-state index in [0.717, 1.165) is 43.1 Å². The molecule has 1 aliphatic rings. The number of nitrogens with two attached hydrogens (primary N) is 1. The number of hydrogen-bond acceptors (Lipinski definition) is 3. The molecule has 0 amide bonds. The first-order valence-corrected chi connectivity index (χ1v) is 7.68. The highest BCUT2D eigenvalue weighted by atomic mass is 127. The number of rotatable bonds is 3. The highest BCUT2D eigenvalue weighted by molar-refractivity contribution is 14.0. The molecule has 3 N–H and O–H groups in total. The van der Waals surface area contributed by atoms with Crippen LogP contribution in [0.15, 0.2) is 35.5 Å². The molecule has 1 aliphatic heterocycles. The average Bonchev–Trinajstić information content (AvgIpc) is 2.99. The SMILES string of the molecule is Cc1[nH]ncc1CN=C(N)N1CCN(c2ccc(F)cc2)CC1.I. The lowest BCUT2D eigenvalue weighted by atomic mass is 10.2. The molecule has 1 aromatic carbocycles. The van der Waals surface area contributed by atoms with Gasteiger partial charge in [-0.05, 0) is 31.2 Å². The number of aromatic nitrogens is 2. The van der Waals surface area contributed by atoms with Gasteiger partial charge in [-0.1, -0.05) is 0 Å². The van der Waals surface area contributed by atoms with Gasteiger partial charge in [0, 0.05) is 43.1 Å². The molecule has 0 atom stereocenters. The second-order valence-corrected chi connectivity index (χ2v) is 5.65. The van der Waals surface area contributed by atoms with E-state index in [1.807, 2.05) is 19.1 Å². The number of anilines is 1. The normalized spacial score (nSPS) is 15.3. The van der Waals surface area contributed by atoms with Crippen molar-refractivity contribution < 1.29 is 4.39 Å². The molecule has 0 bridgehead atoms. The van der Waals surface area contributed by atoms with E-state index in [0.29, 0.717) is 12.5 Å². The maximum absolute atomic E-state index is 13.0. The van der Waals surface area contributed by atoms with Crippen LogP contribution in [0.1, 0.15) is 11.3 Å². The quantitative estimate of drug-likeness (QED) is 0.432. The van der Waals surface area contributed by atoms with Crippen LogP contribution in [-0.4, -0.2) is 47.2 Å². The van der Waals surface area contributed by atoms with Crippen molar-refractivity contribution in [3.63, 3.8) is 0 Å². The van der Waals surface area contributed by atoms with Gasteiger partial charge >= 0.3 is 0 Å². The predicted molar refractivity (Wildman–Crippen MR) is 104 cm³/mol. The largest absolute Gasteiger partial charge is 0.370 e. The summed E-state index contributed by atoms with van der Waals surface area (Å²) in [6, 6.07) is 6.60. The van der Waals surface area contributed by atoms with Crippen molar-refractivity contribution in [3.8, 4) is 0 Å². The highest BCUT2D eigenvalue weighted by Crippen LogP contribution is 2.16. The van der Waals surface area contributed by atoms with E-state index in [-0.39, 0.29) is 29.8 Å². The molecule has 1 aromatic heterocycles. The number of nitrogens with zero attached hydrogens (tertiary/aromatic N) is 4. The number of halogens is 2. The summed E-state index contributed by atoms with van der Waals surface area (Å²) in [4.78, 5) is 8.76. The molecule has 0 aliphatic carbocycles. The molecule has 130 valence electrons. The number of H-pyrrole nitrogens is 1. The lowest BCUT2D eigenvalue weighted by molar-refractivity contribution is 0.380. The van der Waals surface area contributed by atoms with E-state index in [2.05, 4.69) is 25.0 Å². The molecule has 0 unspecified atom stereocenters. The summed E-state index contributed by atoms with van der Waals surface area (Å²) >= 11 is 0. The van der Waals surface area contributed by atoms with Crippen LogP contribution in [-0.2, 0) is 6.54 Å². The molecular formula is C16H22FIN6. The number of piperazine rings is 1. The number of hydrogen-bond donors (Lipinski definition) is 2. The third-order valence-corrected chi connectivity index (χ3v) is 4.14. The number of nitrogens with one attached hydrogen (secondary N) is 1. The summed E-state index contributed by atoms with van der Waals surface area (Å²) < 4.78 is 13.0. The summed E-state index contributed by atoms with van der Waals surface area (Å²) in [6.07, 6.45) is 1.78. The topological polar surface area (TPSA) is 73.5 Å². The van der Waals surface area contributed by atoms with E-state index in [4.69, 9.17) is 5.73 Å². The lowest BCUT2D eigenvalue weighted by Crippen LogP contribution is -2.51. The Hall–Kier alpha value is -1.84. The van der Waals surface area contributed by atoms with E-state index in [9.17, 15) is 4.39 Å². The number of aliphatic imine (C=N–C) groups is 1. The smallest absolute Gasteiger partial charge is 0.191 e. The third kappa shape index (κ3) is 4.37. The van der Waals surface area contributed by atoms with Gasteiger partial charge in [0.05, 0.1) is 12.7 Å². The molecular weight excluding hydrogens is 422 g/mol. The molecule has 2 aromatic rings. The molecule has 3 rings (SSSR count). The average molecular weight is 444 g/mol. The Morgan fingerprint density at radius 2 is 1.92 bits per heavy atom. The summed E-state index contributed by atoms with van der Waals surface area (Å²) in [6.45, 7) is 5.79. The molecule has 24 heavy (non-hydrogen) atoms. The van der Waals surface area contributed by atoms with Crippen molar-refractivity contribution >= 4 is 35.6 Å². The van der Waals surface area contributed by atoms with Crippen molar-refractivity contribution in [2.24, 2.45) is 10.7 Å². The van der Waals surface area contributed by atoms with Crippen LogP contribution < -0.4 is 10.6 Å². The zero-order valence-corrected chi connectivity index (χ0v) is 15.9. The van der Waals surface area contributed by atoms with Gasteiger partial charge in [-0.3, -0.25) is 5.10 Å². The molecule has 1 saturated heterocycles. The number of benzene rings is 1. The first-order valence-electron chi connectivity index (χ1n) is 7.68. The summed E-state index contributed by atoms with van der Waals surface area (Å²) in [5.41, 5.74) is 9.20. The Morgan fingerprint density at radius 3 is 2.50 bits per heavy atom. The van der Waals surface area contributed by atoms with Crippen LogP contribution in [0.5, 0.6) is 0 Å². The molecule has 8 heteroatoms. The zero-order chi connectivity index (χ0) is 16.2. The minimum Gasteiger partial charge on any atom is -0.370 e.